The molecule has 0 spiro atoms. The first kappa shape index (κ1) is 17.0. The molecule has 0 aliphatic rings. The molecular formula is C15H22N2O4. The van der Waals surface area contributed by atoms with E-state index in [1.807, 2.05) is 24.3 Å². The molecule has 2 amide bonds. The maximum atomic E-state index is 11.6. The van der Waals surface area contributed by atoms with Crippen LogP contribution in [-0.4, -0.2) is 45.7 Å². The van der Waals surface area contributed by atoms with Gasteiger partial charge in [0.2, 0.25) is 11.8 Å². The first-order valence-electron chi connectivity index (χ1n) is 6.81. The number of carbonyl (C=O) groups is 2. The molecule has 0 aliphatic heterocycles. The Morgan fingerprint density at radius 3 is 2.19 bits per heavy atom. The normalized spacial score (nSPS) is 10.0. The fourth-order valence-corrected chi connectivity index (χ4v) is 1.70. The zero-order valence-electron chi connectivity index (χ0n) is 12.5. The summed E-state index contributed by atoms with van der Waals surface area (Å²) in [5.74, 6) is 0.225. The molecule has 0 fully saturated rings. The van der Waals surface area contributed by atoms with Gasteiger partial charge < -0.3 is 20.1 Å². The van der Waals surface area contributed by atoms with Crippen molar-refractivity contribution in [3.8, 4) is 5.75 Å². The van der Waals surface area contributed by atoms with Crippen molar-refractivity contribution in [3.05, 3.63) is 29.8 Å². The number of methoxy groups -OCH3 is 2. The van der Waals surface area contributed by atoms with Gasteiger partial charge in [0.05, 0.1) is 13.7 Å². The van der Waals surface area contributed by atoms with Gasteiger partial charge in [0.15, 0.2) is 0 Å². The molecule has 0 aromatic heterocycles. The van der Waals surface area contributed by atoms with Crippen molar-refractivity contribution < 1.29 is 19.1 Å². The van der Waals surface area contributed by atoms with E-state index in [2.05, 4.69) is 10.6 Å². The summed E-state index contributed by atoms with van der Waals surface area (Å²) in [5, 5.41) is 5.32. The summed E-state index contributed by atoms with van der Waals surface area (Å²) in [5.41, 5.74) is 1.10. The Bertz CT molecular complexity index is 445. The zero-order chi connectivity index (χ0) is 15.5. The van der Waals surface area contributed by atoms with Gasteiger partial charge in [-0.2, -0.15) is 0 Å². The van der Waals surface area contributed by atoms with Gasteiger partial charge in [0.1, 0.15) is 12.2 Å². The van der Waals surface area contributed by atoms with E-state index >= 15 is 0 Å². The number of hydrogen-bond donors (Lipinski definition) is 2. The van der Waals surface area contributed by atoms with Crippen LogP contribution in [-0.2, 0) is 20.7 Å². The zero-order valence-corrected chi connectivity index (χ0v) is 12.5. The van der Waals surface area contributed by atoms with Crippen LogP contribution in [0.4, 0.5) is 0 Å². The topological polar surface area (TPSA) is 76.7 Å². The Hall–Kier alpha value is -2.08. The summed E-state index contributed by atoms with van der Waals surface area (Å²) < 4.78 is 9.88. The van der Waals surface area contributed by atoms with E-state index in [0.29, 0.717) is 26.1 Å². The number of amides is 2. The molecule has 0 radical (unpaired) electrons. The average Bonchev–Trinajstić information content (AvgIpc) is 2.48. The molecule has 21 heavy (non-hydrogen) atoms. The molecule has 0 bridgehead atoms. The van der Waals surface area contributed by atoms with E-state index in [9.17, 15) is 9.59 Å². The molecule has 0 atom stereocenters. The van der Waals surface area contributed by atoms with E-state index in [0.717, 1.165) is 11.3 Å². The maximum absolute atomic E-state index is 11.6. The van der Waals surface area contributed by atoms with Crippen LogP contribution in [0.2, 0.25) is 0 Å². The van der Waals surface area contributed by atoms with Crippen molar-refractivity contribution in [2.24, 2.45) is 0 Å². The van der Waals surface area contributed by atoms with E-state index in [4.69, 9.17) is 9.47 Å². The predicted molar refractivity (Wildman–Crippen MR) is 79.2 cm³/mol. The first-order chi connectivity index (χ1) is 10.2. The number of carbonyl (C=O) groups excluding carboxylic acids is 2. The SMILES string of the molecule is COCCNC(=O)CC(=O)NCCc1ccc(OC)cc1. The summed E-state index contributed by atoms with van der Waals surface area (Å²) in [6.07, 6.45) is 0.549. The lowest BCUT2D eigenvalue weighted by Crippen LogP contribution is -2.34. The van der Waals surface area contributed by atoms with Crippen LogP contribution >= 0.6 is 0 Å². The first-order valence-corrected chi connectivity index (χ1v) is 6.81. The van der Waals surface area contributed by atoms with E-state index in [1.165, 1.54) is 0 Å². The van der Waals surface area contributed by atoms with Crippen LogP contribution in [0.25, 0.3) is 0 Å². The fourth-order valence-electron chi connectivity index (χ4n) is 1.70. The molecule has 1 aromatic rings. The molecule has 1 rings (SSSR count). The lowest BCUT2D eigenvalue weighted by atomic mass is 10.1. The molecule has 0 aliphatic carbocycles. The highest BCUT2D eigenvalue weighted by Crippen LogP contribution is 2.11. The van der Waals surface area contributed by atoms with Crippen LogP contribution in [0.3, 0.4) is 0 Å². The Kier molecular flexibility index (Phi) is 7.89. The van der Waals surface area contributed by atoms with E-state index in [1.54, 1.807) is 14.2 Å². The number of nitrogens with one attached hydrogen (secondary N) is 2. The molecule has 0 unspecified atom stereocenters. The van der Waals surface area contributed by atoms with Crippen LogP contribution in [0.5, 0.6) is 5.75 Å². The van der Waals surface area contributed by atoms with Crippen LogP contribution in [0, 0.1) is 0 Å². The third-order valence-corrected chi connectivity index (χ3v) is 2.84. The average molecular weight is 294 g/mol. The molecule has 0 saturated heterocycles. The van der Waals surface area contributed by atoms with Crippen molar-refractivity contribution in [1.82, 2.24) is 10.6 Å². The van der Waals surface area contributed by atoms with Crippen LogP contribution in [0.15, 0.2) is 24.3 Å². The third-order valence-electron chi connectivity index (χ3n) is 2.84. The van der Waals surface area contributed by atoms with Crippen molar-refractivity contribution in [1.29, 1.82) is 0 Å². The molecule has 116 valence electrons. The lowest BCUT2D eigenvalue weighted by Gasteiger charge is -2.07. The van der Waals surface area contributed by atoms with Gasteiger partial charge in [-0.15, -0.1) is 0 Å². The minimum absolute atomic E-state index is 0.160. The minimum atomic E-state index is -0.297. The van der Waals surface area contributed by atoms with Crippen molar-refractivity contribution >= 4 is 11.8 Å². The van der Waals surface area contributed by atoms with E-state index < -0.39 is 0 Å². The largest absolute Gasteiger partial charge is 0.497 e. The van der Waals surface area contributed by atoms with Crippen molar-refractivity contribution in [2.75, 3.05) is 33.9 Å². The molecule has 2 N–H and O–H groups in total. The van der Waals surface area contributed by atoms with Gasteiger partial charge in [0.25, 0.3) is 0 Å². The number of hydrogen-bond acceptors (Lipinski definition) is 4. The molecule has 6 heteroatoms. The fraction of sp³-hybridized carbons (Fsp3) is 0.467. The quantitative estimate of drug-likeness (QED) is 0.514. The van der Waals surface area contributed by atoms with Crippen LogP contribution < -0.4 is 15.4 Å². The van der Waals surface area contributed by atoms with Crippen LogP contribution in [0.1, 0.15) is 12.0 Å². The molecular weight excluding hydrogens is 272 g/mol. The van der Waals surface area contributed by atoms with Gasteiger partial charge in [-0.1, -0.05) is 12.1 Å². The molecule has 0 saturated carbocycles. The highest BCUT2D eigenvalue weighted by Gasteiger charge is 2.08. The Balaban J connectivity index is 2.19. The summed E-state index contributed by atoms with van der Waals surface area (Å²) >= 11 is 0. The van der Waals surface area contributed by atoms with Gasteiger partial charge >= 0.3 is 0 Å². The maximum Gasteiger partial charge on any atom is 0.229 e. The van der Waals surface area contributed by atoms with Gasteiger partial charge in [0, 0.05) is 20.2 Å². The minimum Gasteiger partial charge on any atom is -0.497 e. The second kappa shape index (κ2) is 9.77. The van der Waals surface area contributed by atoms with Gasteiger partial charge in [-0.25, -0.2) is 0 Å². The standard InChI is InChI=1S/C15H22N2O4/c1-20-10-9-17-15(19)11-14(18)16-8-7-12-3-5-13(21-2)6-4-12/h3-6H,7-11H2,1-2H3,(H,16,18)(H,17,19). The summed E-state index contributed by atoms with van der Waals surface area (Å²) in [7, 11) is 3.17. The number of benzene rings is 1. The highest BCUT2D eigenvalue weighted by atomic mass is 16.5. The lowest BCUT2D eigenvalue weighted by molar-refractivity contribution is -0.129. The number of rotatable bonds is 9. The van der Waals surface area contributed by atoms with Gasteiger partial charge in [-0.3, -0.25) is 9.59 Å². The summed E-state index contributed by atoms with van der Waals surface area (Å²) in [4.78, 5) is 22.9. The third kappa shape index (κ3) is 7.31. The smallest absolute Gasteiger partial charge is 0.229 e. The Labute approximate surface area is 124 Å². The Morgan fingerprint density at radius 2 is 1.62 bits per heavy atom. The van der Waals surface area contributed by atoms with E-state index in [-0.39, 0.29) is 18.2 Å². The monoisotopic (exact) mass is 294 g/mol. The van der Waals surface area contributed by atoms with Gasteiger partial charge in [-0.05, 0) is 24.1 Å². The highest BCUT2D eigenvalue weighted by molar-refractivity contribution is 5.96. The second-order valence-corrected chi connectivity index (χ2v) is 4.47. The molecule has 6 nitrogen and oxygen atoms in total. The second-order valence-electron chi connectivity index (χ2n) is 4.47. The molecule has 0 heterocycles. The summed E-state index contributed by atoms with van der Waals surface area (Å²) in [6, 6.07) is 7.64. The Morgan fingerprint density at radius 1 is 1.00 bits per heavy atom. The number of ether oxygens (including phenoxy) is 2. The summed E-state index contributed by atoms with van der Waals surface area (Å²) in [6.45, 7) is 1.34. The molecule has 1 aromatic carbocycles. The van der Waals surface area contributed by atoms with Crippen molar-refractivity contribution in [3.63, 3.8) is 0 Å². The predicted octanol–water partition coefficient (Wildman–Crippen LogP) is 0.507. The van der Waals surface area contributed by atoms with Crippen molar-refractivity contribution in [2.45, 2.75) is 12.8 Å².